The zero-order chi connectivity index (χ0) is 18.5. The average molecular weight is 355 g/mol. The third-order valence-electron chi connectivity index (χ3n) is 4.78. The number of carbonyl (C=O) groups excluding carboxylic acids is 1. The molecule has 0 aliphatic carbocycles. The molecule has 2 aromatic heterocycles. The molecule has 0 unspecified atom stereocenters. The smallest absolute Gasteiger partial charge is 0.221 e. The predicted molar refractivity (Wildman–Crippen MR) is 106 cm³/mol. The highest BCUT2D eigenvalue weighted by molar-refractivity contribution is 5.78. The first-order chi connectivity index (χ1) is 13.3. The average Bonchev–Trinajstić information content (AvgIpc) is 3.15. The second-order valence-electron chi connectivity index (χ2n) is 6.56. The van der Waals surface area contributed by atoms with Gasteiger partial charge in [-0.05, 0) is 23.3 Å². The lowest BCUT2D eigenvalue weighted by Crippen LogP contribution is -2.25. The van der Waals surface area contributed by atoms with Gasteiger partial charge >= 0.3 is 0 Å². The van der Waals surface area contributed by atoms with Gasteiger partial charge in [-0.2, -0.15) is 5.10 Å². The topological polar surface area (TPSA) is 46.4 Å². The van der Waals surface area contributed by atoms with Crippen LogP contribution in [0.15, 0.2) is 91.3 Å². The van der Waals surface area contributed by atoms with Crippen molar-refractivity contribution in [2.45, 2.75) is 18.9 Å². The Bertz CT molecular complexity index is 986. The number of benzene rings is 2. The molecule has 0 atom stereocenters. The summed E-state index contributed by atoms with van der Waals surface area (Å²) in [7, 11) is 0. The standard InChI is InChI=1S/C23H21N3O/c27-23(24-16-20-17-25-26-14-8-7-13-22(20)26)15-21(18-9-3-1-4-10-18)19-11-5-2-6-12-19/h1-14,17,21H,15-16H2,(H,24,27). The summed E-state index contributed by atoms with van der Waals surface area (Å²) in [6.45, 7) is 0.475. The van der Waals surface area contributed by atoms with Crippen molar-refractivity contribution >= 4 is 11.4 Å². The summed E-state index contributed by atoms with van der Waals surface area (Å²) < 4.78 is 1.82. The van der Waals surface area contributed by atoms with Gasteiger partial charge in [0.05, 0.1) is 11.7 Å². The van der Waals surface area contributed by atoms with Crippen LogP contribution in [0.2, 0.25) is 0 Å². The Kier molecular flexibility index (Phi) is 4.97. The largest absolute Gasteiger partial charge is 0.352 e. The molecule has 4 nitrogen and oxygen atoms in total. The van der Waals surface area contributed by atoms with Crippen LogP contribution in [-0.4, -0.2) is 15.5 Å². The van der Waals surface area contributed by atoms with E-state index in [2.05, 4.69) is 34.7 Å². The maximum atomic E-state index is 12.7. The van der Waals surface area contributed by atoms with E-state index >= 15 is 0 Å². The van der Waals surface area contributed by atoms with Crippen LogP contribution in [0.1, 0.15) is 29.0 Å². The summed E-state index contributed by atoms with van der Waals surface area (Å²) in [4.78, 5) is 12.7. The highest BCUT2D eigenvalue weighted by atomic mass is 16.1. The van der Waals surface area contributed by atoms with Gasteiger partial charge in [-0.1, -0.05) is 66.7 Å². The minimum Gasteiger partial charge on any atom is -0.352 e. The van der Waals surface area contributed by atoms with Crippen molar-refractivity contribution in [3.8, 4) is 0 Å². The summed E-state index contributed by atoms with van der Waals surface area (Å²) in [5.41, 5.74) is 4.32. The molecular weight excluding hydrogens is 334 g/mol. The molecule has 0 fully saturated rings. The van der Waals surface area contributed by atoms with Crippen LogP contribution < -0.4 is 5.32 Å². The Hall–Kier alpha value is -3.40. The zero-order valence-electron chi connectivity index (χ0n) is 15.0. The molecule has 0 spiro atoms. The quantitative estimate of drug-likeness (QED) is 0.564. The van der Waals surface area contributed by atoms with Crippen LogP contribution in [0.5, 0.6) is 0 Å². The van der Waals surface area contributed by atoms with E-state index in [1.807, 2.05) is 71.5 Å². The van der Waals surface area contributed by atoms with Gasteiger partial charge in [-0.25, -0.2) is 4.52 Å². The SMILES string of the molecule is O=C(CC(c1ccccc1)c1ccccc1)NCc1cnn2ccccc12. The number of nitrogens with zero attached hydrogens (tertiary/aromatic N) is 2. The van der Waals surface area contributed by atoms with E-state index in [0.29, 0.717) is 13.0 Å². The summed E-state index contributed by atoms with van der Waals surface area (Å²) in [6, 6.07) is 26.3. The molecule has 27 heavy (non-hydrogen) atoms. The summed E-state index contributed by atoms with van der Waals surface area (Å²) in [6.07, 6.45) is 4.12. The highest BCUT2D eigenvalue weighted by Crippen LogP contribution is 2.27. The molecule has 1 amide bonds. The monoisotopic (exact) mass is 355 g/mol. The second kappa shape index (κ2) is 7.87. The maximum Gasteiger partial charge on any atom is 0.221 e. The fraction of sp³-hybridized carbons (Fsp3) is 0.130. The van der Waals surface area contributed by atoms with E-state index in [1.54, 1.807) is 0 Å². The molecule has 0 bridgehead atoms. The van der Waals surface area contributed by atoms with E-state index in [0.717, 1.165) is 22.2 Å². The van der Waals surface area contributed by atoms with Crippen molar-refractivity contribution in [1.29, 1.82) is 0 Å². The lowest BCUT2D eigenvalue weighted by atomic mass is 9.88. The van der Waals surface area contributed by atoms with Gasteiger partial charge in [0, 0.05) is 30.6 Å². The van der Waals surface area contributed by atoms with Gasteiger partial charge in [-0.15, -0.1) is 0 Å². The minimum absolute atomic E-state index is 0.0305. The Labute approximate surface area is 158 Å². The van der Waals surface area contributed by atoms with E-state index in [-0.39, 0.29) is 11.8 Å². The van der Waals surface area contributed by atoms with Crippen LogP contribution in [0.4, 0.5) is 0 Å². The Morgan fingerprint density at radius 3 is 2.19 bits per heavy atom. The lowest BCUT2D eigenvalue weighted by molar-refractivity contribution is -0.121. The van der Waals surface area contributed by atoms with Crippen molar-refractivity contribution < 1.29 is 4.79 Å². The van der Waals surface area contributed by atoms with Crippen molar-refractivity contribution in [3.05, 3.63) is 108 Å². The maximum absolute atomic E-state index is 12.7. The first-order valence-corrected chi connectivity index (χ1v) is 9.09. The number of nitrogens with one attached hydrogen (secondary N) is 1. The molecule has 2 heterocycles. The van der Waals surface area contributed by atoms with Gasteiger partial charge in [0.15, 0.2) is 0 Å². The van der Waals surface area contributed by atoms with E-state index in [4.69, 9.17) is 0 Å². The Balaban J connectivity index is 1.49. The van der Waals surface area contributed by atoms with Gasteiger partial charge in [0.1, 0.15) is 0 Å². The summed E-state index contributed by atoms with van der Waals surface area (Å²) in [5.74, 6) is 0.0688. The number of carbonyl (C=O) groups is 1. The minimum atomic E-state index is 0.0305. The van der Waals surface area contributed by atoms with Crippen molar-refractivity contribution in [3.63, 3.8) is 0 Å². The number of aromatic nitrogens is 2. The Morgan fingerprint density at radius 1 is 0.889 bits per heavy atom. The highest BCUT2D eigenvalue weighted by Gasteiger charge is 2.18. The fourth-order valence-corrected chi connectivity index (χ4v) is 3.37. The first-order valence-electron chi connectivity index (χ1n) is 9.09. The molecule has 0 saturated carbocycles. The number of rotatable bonds is 6. The van der Waals surface area contributed by atoms with Crippen LogP contribution in [0.3, 0.4) is 0 Å². The second-order valence-corrected chi connectivity index (χ2v) is 6.56. The molecular formula is C23H21N3O. The number of fused-ring (bicyclic) bond motifs is 1. The number of hydrogen-bond donors (Lipinski definition) is 1. The van der Waals surface area contributed by atoms with Gasteiger partial charge in [-0.3, -0.25) is 4.79 Å². The van der Waals surface area contributed by atoms with E-state index < -0.39 is 0 Å². The van der Waals surface area contributed by atoms with Crippen molar-refractivity contribution in [2.75, 3.05) is 0 Å². The number of amides is 1. The normalized spacial score (nSPS) is 11.0. The van der Waals surface area contributed by atoms with Crippen LogP contribution in [-0.2, 0) is 11.3 Å². The lowest BCUT2D eigenvalue weighted by Gasteiger charge is -2.18. The molecule has 0 aliphatic heterocycles. The van der Waals surface area contributed by atoms with Gasteiger partial charge in [0.2, 0.25) is 5.91 Å². The summed E-state index contributed by atoms with van der Waals surface area (Å²) in [5, 5.41) is 7.37. The van der Waals surface area contributed by atoms with Crippen molar-refractivity contribution in [2.24, 2.45) is 0 Å². The molecule has 0 aliphatic rings. The van der Waals surface area contributed by atoms with E-state index in [1.165, 1.54) is 0 Å². The van der Waals surface area contributed by atoms with Crippen LogP contribution in [0, 0.1) is 0 Å². The third-order valence-corrected chi connectivity index (χ3v) is 4.78. The first kappa shape index (κ1) is 17.0. The van der Waals surface area contributed by atoms with E-state index in [9.17, 15) is 4.79 Å². The molecule has 2 aromatic carbocycles. The van der Waals surface area contributed by atoms with Gasteiger partial charge in [0.25, 0.3) is 0 Å². The predicted octanol–water partition coefficient (Wildman–Crippen LogP) is 4.17. The van der Waals surface area contributed by atoms with Crippen LogP contribution >= 0.6 is 0 Å². The molecule has 4 rings (SSSR count). The number of pyridine rings is 1. The molecule has 0 radical (unpaired) electrons. The Morgan fingerprint density at radius 2 is 1.52 bits per heavy atom. The van der Waals surface area contributed by atoms with Crippen LogP contribution in [0.25, 0.3) is 5.52 Å². The molecule has 134 valence electrons. The summed E-state index contributed by atoms with van der Waals surface area (Å²) >= 11 is 0. The molecule has 4 heteroatoms. The molecule has 4 aromatic rings. The van der Waals surface area contributed by atoms with Crippen molar-refractivity contribution in [1.82, 2.24) is 14.9 Å². The van der Waals surface area contributed by atoms with Gasteiger partial charge < -0.3 is 5.32 Å². The zero-order valence-corrected chi connectivity index (χ0v) is 15.0. The molecule has 0 saturated heterocycles. The molecule has 1 N–H and O–H groups in total. The number of hydrogen-bond acceptors (Lipinski definition) is 2. The fourth-order valence-electron chi connectivity index (χ4n) is 3.37. The third kappa shape index (κ3) is 3.90.